The topological polar surface area (TPSA) is 9.23 Å². The Balaban J connectivity index is 1.59. The monoisotopic (exact) mass is 414 g/mol. The summed E-state index contributed by atoms with van der Waals surface area (Å²) in [6.07, 6.45) is 4.37. The summed E-state index contributed by atoms with van der Waals surface area (Å²) in [7, 11) is 0. The van der Waals surface area contributed by atoms with Gasteiger partial charge in [-0.15, -0.1) is 0 Å². The Hall–Kier alpha value is -1.61. The van der Waals surface area contributed by atoms with Crippen LogP contribution in [0.4, 0.5) is 22.0 Å². The molecule has 29 heavy (non-hydrogen) atoms. The van der Waals surface area contributed by atoms with E-state index in [0.717, 1.165) is 36.8 Å². The van der Waals surface area contributed by atoms with Crippen LogP contribution in [0.15, 0.2) is 12.1 Å². The summed E-state index contributed by atoms with van der Waals surface area (Å²) < 4.78 is 70.9. The number of rotatable bonds is 4. The van der Waals surface area contributed by atoms with Crippen molar-refractivity contribution in [1.29, 1.82) is 0 Å². The molecular weight excluding hydrogens is 387 g/mol. The molecule has 1 saturated heterocycles. The Morgan fingerprint density at radius 3 is 2.17 bits per heavy atom. The van der Waals surface area contributed by atoms with Crippen molar-refractivity contribution in [3.05, 3.63) is 34.9 Å². The molecule has 1 saturated carbocycles. The van der Waals surface area contributed by atoms with Crippen molar-refractivity contribution in [1.82, 2.24) is 0 Å². The molecule has 1 aliphatic heterocycles. The zero-order chi connectivity index (χ0) is 21.0. The van der Waals surface area contributed by atoms with Crippen molar-refractivity contribution in [2.45, 2.75) is 76.5 Å². The van der Waals surface area contributed by atoms with Crippen LogP contribution in [0.1, 0.15) is 75.3 Å². The van der Waals surface area contributed by atoms with E-state index in [4.69, 9.17) is 4.74 Å². The zero-order valence-electron chi connectivity index (χ0n) is 16.6. The first-order valence-electron chi connectivity index (χ1n) is 10.5. The third-order valence-electron chi connectivity index (χ3n) is 6.29. The van der Waals surface area contributed by atoms with E-state index in [1.165, 1.54) is 38.5 Å². The van der Waals surface area contributed by atoms with Crippen LogP contribution in [0.3, 0.4) is 0 Å². The lowest BCUT2D eigenvalue weighted by Gasteiger charge is -2.38. The van der Waals surface area contributed by atoms with Gasteiger partial charge in [0.2, 0.25) is 0 Å². The normalized spacial score (nSPS) is 27.9. The highest BCUT2D eigenvalue weighted by Crippen LogP contribution is 2.39. The first kappa shape index (κ1) is 22.1. The van der Waals surface area contributed by atoms with Crippen LogP contribution in [-0.2, 0) is 4.74 Å². The summed E-state index contributed by atoms with van der Waals surface area (Å²) in [4.78, 5) is 0. The van der Waals surface area contributed by atoms with Gasteiger partial charge in [0.15, 0.2) is 0 Å². The number of benzene rings is 1. The van der Waals surface area contributed by atoms with E-state index in [2.05, 4.69) is 6.92 Å². The Kier molecular flexibility index (Phi) is 7.21. The van der Waals surface area contributed by atoms with Crippen LogP contribution >= 0.6 is 0 Å². The van der Waals surface area contributed by atoms with Crippen molar-refractivity contribution in [2.75, 3.05) is 6.61 Å². The molecule has 1 aromatic rings. The molecule has 3 rings (SSSR count). The second kappa shape index (κ2) is 9.47. The molecule has 1 aliphatic carbocycles. The highest BCUT2D eigenvalue weighted by molar-refractivity contribution is 5.40. The van der Waals surface area contributed by atoms with Gasteiger partial charge in [-0.2, -0.15) is 13.2 Å². The lowest BCUT2D eigenvalue weighted by Crippen LogP contribution is -2.33. The SMILES string of the molecule is CCCC1CCC(C2CCC(c3cc(F)c(C#CC(F)(F)F)c(F)c3)CO2)CC1. The second-order valence-electron chi connectivity index (χ2n) is 8.32. The Bertz CT molecular complexity index is 722. The lowest BCUT2D eigenvalue weighted by atomic mass is 9.75. The van der Waals surface area contributed by atoms with Gasteiger partial charge in [-0.25, -0.2) is 8.78 Å². The molecule has 2 unspecified atom stereocenters. The lowest BCUT2D eigenvalue weighted by molar-refractivity contribution is -0.0696. The number of ether oxygens (including phenoxy) is 1. The van der Waals surface area contributed by atoms with Crippen LogP contribution in [0.25, 0.3) is 0 Å². The van der Waals surface area contributed by atoms with Gasteiger partial charge in [0.25, 0.3) is 0 Å². The summed E-state index contributed by atoms with van der Waals surface area (Å²) in [5.74, 6) is 1.58. The minimum Gasteiger partial charge on any atom is -0.377 e. The van der Waals surface area contributed by atoms with Crippen molar-refractivity contribution in [2.24, 2.45) is 11.8 Å². The van der Waals surface area contributed by atoms with Crippen LogP contribution in [0.2, 0.25) is 0 Å². The largest absolute Gasteiger partial charge is 0.458 e. The molecule has 0 amide bonds. The number of alkyl halides is 3. The van der Waals surface area contributed by atoms with Crippen LogP contribution < -0.4 is 0 Å². The molecule has 0 aromatic heterocycles. The van der Waals surface area contributed by atoms with Gasteiger partial charge in [0.05, 0.1) is 18.3 Å². The fourth-order valence-corrected chi connectivity index (χ4v) is 4.74. The summed E-state index contributed by atoms with van der Waals surface area (Å²) in [6.45, 7) is 2.60. The highest BCUT2D eigenvalue weighted by atomic mass is 19.4. The minimum absolute atomic E-state index is 0.156. The molecule has 0 N–H and O–H groups in total. The Labute approximate surface area is 169 Å². The third-order valence-corrected chi connectivity index (χ3v) is 6.29. The predicted octanol–water partition coefficient (Wildman–Crippen LogP) is 6.75. The molecule has 2 atom stereocenters. The molecule has 6 heteroatoms. The van der Waals surface area contributed by atoms with E-state index in [1.807, 2.05) is 0 Å². The van der Waals surface area contributed by atoms with E-state index in [1.54, 1.807) is 5.92 Å². The van der Waals surface area contributed by atoms with Gasteiger partial charge in [0.1, 0.15) is 11.6 Å². The molecular formula is C23H27F5O. The molecule has 0 spiro atoms. The summed E-state index contributed by atoms with van der Waals surface area (Å²) >= 11 is 0. The molecule has 160 valence electrons. The summed E-state index contributed by atoms with van der Waals surface area (Å²) in [5, 5.41) is 0. The number of hydrogen-bond acceptors (Lipinski definition) is 1. The van der Waals surface area contributed by atoms with E-state index in [9.17, 15) is 22.0 Å². The molecule has 0 radical (unpaired) electrons. The van der Waals surface area contributed by atoms with Crippen LogP contribution in [-0.4, -0.2) is 18.9 Å². The van der Waals surface area contributed by atoms with Gasteiger partial charge in [0, 0.05) is 11.8 Å². The molecule has 1 aromatic carbocycles. The standard InChI is InChI=1S/C23H27F5O/c1-2-3-15-4-6-16(7-5-15)22-9-8-17(14-29-22)18-12-20(24)19(21(25)13-18)10-11-23(26,27)28/h12-13,15-17,22H,2-9,14H2,1H3. The second-order valence-corrected chi connectivity index (χ2v) is 8.32. The van der Waals surface area contributed by atoms with Gasteiger partial charge < -0.3 is 4.74 Å². The molecule has 2 aliphatic rings. The Morgan fingerprint density at radius 2 is 1.66 bits per heavy atom. The molecule has 1 nitrogen and oxygen atoms in total. The smallest absolute Gasteiger partial charge is 0.377 e. The number of hydrogen-bond donors (Lipinski definition) is 0. The maximum Gasteiger partial charge on any atom is 0.458 e. The van der Waals surface area contributed by atoms with Crippen molar-refractivity contribution in [3.63, 3.8) is 0 Å². The van der Waals surface area contributed by atoms with Gasteiger partial charge >= 0.3 is 6.18 Å². The Morgan fingerprint density at radius 1 is 1.00 bits per heavy atom. The molecule has 1 heterocycles. The average molecular weight is 414 g/mol. The van der Waals surface area contributed by atoms with E-state index < -0.39 is 23.4 Å². The van der Waals surface area contributed by atoms with Crippen molar-refractivity contribution < 1.29 is 26.7 Å². The summed E-state index contributed by atoms with van der Waals surface area (Å²) in [5.41, 5.74) is -0.424. The van der Waals surface area contributed by atoms with Crippen LogP contribution in [0.5, 0.6) is 0 Å². The summed E-state index contributed by atoms with van der Waals surface area (Å²) in [6, 6.07) is 2.18. The van der Waals surface area contributed by atoms with E-state index in [-0.39, 0.29) is 12.0 Å². The fourth-order valence-electron chi connectivity index (χ4n) is 4.74. The quantitative estimate of drug-likeness (QED) is 0.391. The highest BCUT2D eigenvalue weighted by Gasteiger charge is 2.32. The van der Waals surface area contributed by atoms with Gasteiger partial charge in [-0.05, 0) is 55.2 Å². The zero-order valence-corrected chi connectivity index (χ0v) is 16.6. The molecule has 2 fully saturated rings. The fraction of sp³-hybridized carbons (Fsp3) is 0.652. The van der Waals surface area contributed by atoms with Crippen LogP contribution in [0, 0.1) is 35.3 Å². The first-order chi connectivity index (χ1) is 13.8. The average Bonchev–Trinajstić information content (AvgIpc) is 2.67. The van der Waals surface area contributed by atoms with Crippen molar-refractivity contribution >= 4 is 0 Å². The number of halogens is 5. The van der Waals surface area contributed by atoms with Crippen molar-refractivity contribution in [3.8, 4) is 11.8 Å². The van der Waals surface area contributed by atoms with Gasteiger partial charge in [-0.1, -0.05) is 38.5 Å². The first-order valence-corrected chi connectivity index (χ1v) is 10.5. The predicted molar refractivity (Wildman–Crippen MR) is 101 cm³/mol. The molecule has 0 bridgehead atoms. The van der Waals surface area contributed by atoms with E-state index >= 15 is 0 Å². The third kappa shape index (κ3) is 5.94. The maximum atomic E-state index is 14.2. The van der Waals surface area contributed by atoms with E-state index in [0.29, 0.717) is 18.1 Å². The van der Waals surface area contributed by atoms with Gasteiger partial charge in [-0.3, -0.25) is 0 Å². The minimum atomic E-state index is -4.79. The maximum absolute atomic E-state index is 14.2.